The zero-order valence-corrected chi connectivity index (χ0v) is 23.0. The van der Waals surface area contributed by atoms with Crippen molar-refractivity contribution in [3.63, 3.8) is 0 Å². The lowest BCUT2D eigenvalue weighted by atomic mass is 9.96. The predicted molar refractivity (Wildman–Crippen MR) is 153 cm³/mol. The number of imidazole rings is 1. The number of fused-ring (bicyclic) bond motifs is 1. The minimum atomic E-state index is -0.586. The van der Waals surface area contributed by atoms with Gasteiger partial charge in [0.15, 0.2) is 0 Å². The Labute approximate surface area is 237 Å². The lowest BCUT2D eigenvalue weighted by molar-refractivity contribution is -0.137. The van der Waals surface area contributed by atoms with Gasteiger partial charge in [0.1, 0.15) is 17.5 Å². The quantitative estimate of drug-likeness (QED) is 0.307. The highest BCUT2D eigenvalue weighted by molar-refractivity contribution is 6.30. The van der Waals surface area contributed by atoms with Crippen LogP contribution in [0.3, 0.4) is 0 Å². The molecule has 2 aliphatic heterocycles. The van der Waals surface area contributed by atoms with E-state index in [2.05, 4.69) is 15.5 Å². The van der Waals surface area contributed by atoms with E-state index in [0.29, 0.717) is 56.5 Å². The first-order valence-corrected chi connectivity index (χ1v) is 14.2. The highest BCUT2D eigenvalue weighted by atomic mass is 35.5. The summed E-state index contributed by atoms with van der Waals surface area (Å²) in [4.78, 5) is 24.6. The maximum absolute atomic E-state index is 14.3. The average Bonchev–Trinajstić information content (AvgIpc) is 3.30. The first kappa shape index (κ1) is 26.7. The highest BCUT2D eigenvalue weighted by Crippen LogP contribution is 2.26. The van der Waals surface area contributed by atoms with Crippen molar-refractivity contribution in [1.82, 2.24) is 19.4 Å². The van der Waals surface area contributed by atoms with Crippen LogP contribution in [0.2, 0.25) is 5.02 Å². The van der Waals surface area contributed by atoms with Crippen molar-refractivity contribution in [2.75, 3.05) is 44.2 Å². The first-order valence-electron chi connectivity index (χ1n) is 13.8. The van der Waals surface area contributed by atoms with E-state index in [0.717, 1.165) is 47.9 Å². The van der Waals surface area contributed by atoms with Crippen LogP contribution in [0.15, 0.2) is 66.7 Å². The summed E-state index contributed by atoms with van der Waals surface area (Å²) in [6.07, 6.45) is 1.82. The Morgan fingerprint density at radius 3 is 2.48 bits per heavy atom. The standard InChI is InChI=1S/C31H32ClF2N5O/c32-24-9-7-22(8-10-24)19-39-29-6-2-1-5-27(29)35-30(39)21-36-13-3-4-23(20-36)31(40)38-16-14-37(15-17-38)28-12-11-25(33)18-26(28)34/h1-2,5-12,18,23H,3-4,13-17,19-21H2/t23-/m1/s1. The van der Waals surface area contributed by atoms with Crippen LogP contribution in [0.25, 0.3) is 11.0 Å². The summed E-state index contributed by atoms with van der Waals surface area (Å²) in [6, 6.07) is 19.7. The SMILES string of the molecule is O=C([C@@H]1CCCN(Cc2nc3ccccc3n2Cc2ccc(Cl)cc2)C1)N1CCN(c2ccc(F)cc2F)CC1. The summed E-state index contributed by atoms with van der Waals surface area (Å²) in [5.41, 5.74) is 3.60. The fraction of sp³-hybridized carbons (Fsp3) is 0.355. The van der Waals surface area contributed by atoms with Gasteiger partial charge in [-0.25, -0.2) is 13.8 Å². The third kappa shape index (κ3) is 5.69. The summed E-state index contributed by atoms with van der Waals surface area (Å²) in [6.45, 7) is 5.10. The molecule has 2 aliphatic rings. The summed E-state index contributed by atoms with van der Waals surface area (Å²) in [5, 5.41) is 0.715. The molecule has 3 heterocycles. The summed E-state index contributed by atoms with van der Waals surface area (Å²) < 4.78 is 29.8. The molecule has 4 aromatic rings. The molecule has 1 aromatic heterocycles. The van der Waals surface area contributed by atoms with Gasteiger partial charge in [0.2, 0.25) is 5.91 Å². The molecule has 0 spiro atoms. The average molecular weight is 564 g/mol. The number of para-hydroxylation sites is 2. The molecule has 3 aromatic carbocycles. The van der Waals surface area contributed by atoms with Crippen molar-refractivity contribution < 1.29 is 13.6 Å². The van der Waals surface area contributed by atoms with Gasteiger partial charge in [0, 0.05) is 50.4 Å². The van der Waals surface area contributed by atoms with E-state index in [1.165, 1.54) is 12.1 Å². The van der Waals surface area contributed by atoms with E-state index in [1.807, 2.05) is 52.3 Å². The maximum atomic E-state index is 14.3. The second kappa shape index (κ2) is 11.6. The Bertz CT molecular complexity index is 1500. The van der Waals surface area contributed by atoms with Gasteiger partial charge in [0.05, 0.1) is 29.2 Å². The summed E-state index contributed by atoms with van der Waals surface area (Å²) in [5.74, 6) is -0.0722. The number of aromatic nitrogens is 2. The first-order chi connectivity index (χ1) is 19.4. The van der Waals surface area contributed by atoms with E-state index < -0.39 is 11.6 Å². The Hall–Kier alpha value is -3.49. The molecule has 0 saturated carbocycles. The summed E-state index contributed by atoms with van der Waals surface area (Å²) >= 11 is 6.10. The zero-order valence-electron chi connectivity index (χ0n) is 22.3. The molecule has 1 atom stereocenters. The van der Waals surface area contributed by atoms with Gasteiger partial charge in [-0.2, -0.15) is 0 Å². The lowest BCUT2D eigenvalue weighted by Gasteiger charge is -2.39. The lowest BCUT2D eigenvalue weighted by Crippen LogP contribution is -2.52. The third-order valence-electron chi connectivity index (χ3n) is 8.05. The van der Waals surface area contributed by atoms with Crippen molar-refractivity contribution in [3.05, 3.63) is 94.8 Å². The van der Waals surface area contributed by atoms with E-state index in [-0.39, 0.29) is 11.8 Å². The molecular weight excluding hydrogens is 532 g/mol. The topological polar surface area (TPSA) is 44.6 Å². The summed E-state index contributed by atoms with van der Waals surface area (Å²) in [7, 11) is 0. The van der Waals surface area contributed by atoms with Gasteiger partial charge in [-0.15, -0.1) is 0 Å². The van der Waals surface area contributed by atoms with Crippen LogP contribution >= 0.6 is 11.6 Å². The molecule has 2 fully saturated rings. The number of rotatable bonds is 6. The predicted octanol–water partition coefficient (Wildman–Crippen LogP) is 5.58. The van der Waals surface area contributed by atoms with Gasteiger partial charge in [0.25, 0.3) is 0 Å². The minimum absolute atomic E-state index is 0.0723. The molecule has 6 rings (SSSR count). The number of hydrogen-bond acceptors (Lipinski definition) is 4. The molecule has 0 radical (unpaired) electrons. The number of benzene rings is 3. The number of carbonyl (C=O) groups is 1. The van der Waals surface area contributed by atoms with Crippen LogP contribution in [0, 0.1) is 17.6 Å². The Balaban J connectivity index is 1.12. The van der Waals surface area contributed by atoms with Crippen LogP contribution in [-0.4, -0.2) is 64.5 Å². The van der Waals surface area contributed by atoms with E-state index in [9.17, 15) is 13.6 Å². The van der Waals surface area contributed by atoms with Gasteiger partial charge < -0.3 is 14.4 Å². The van der Waals surface area contributed by atoms with Crippen molar-refractivity contribution in [1.29, 1.82) is 0 Å². The van der Waals surface area contributed by atoms with Crippen LogP contribution in [0.4, 0.5) is 14.5 Å². The second-order valence-electron chi connectivity index (χ2n) is 10.7. The number of anilines is 1. The molecule has 40 heavy (non-hydrogen) atoms. The second-order valence-corrected chi connectivity index (χ2v) is 11.1. The van der Waals surface area contributed by atoms with E-state index >= 15 is 0 Å². The van der Waals surface area contributed by atoms with Crippen LogP contribution in [0.1, 0.15) is 24.2 Å². The zero-order chi connectivity index (χ0) is 27.6. The highest BCUT2D eigenvalue weighted by Gasteiger charge is 2.32. The number of nitrogens with zero attached hydrogens (tertiary/aromatic N) is 5. The molecule has 0 N–H and O–H groups in total. The number of carbonyl (C=O) groups excluding carboxylic acids is 1. The minimum Gasteiger partial charge on any atom is -0.366 e. The van der Waals surface area contributed by atoms with Crippen LogP contribution < -0.4 is 4.90 Å². The molecule has 0 bridgehead atoms. The Morgan fingerprint density at radius 1 is 0.925 bits per heavy atom. The van der Waals surface area contributed by atoms with Gasteiger partial charge in [-0.3, -0.25) is 9.69 Å². The number of halogens is 3. The number of piperidine rings is 1. The van der Waals surface area contributed by atoms with Crippen molar-refractivity contribution in [2.24, 2.45) is 5.92 Å². The van der Waals surface area contributed by atoms with E-state index in [1.54, 1.807) is 0 Å². The molecule has 2 saturated heterocycles. The normalized spacial score (nSPS) is 18.4. The van der Waals surface area contributed by atoms with Gasteiger partial charge in [-0.05, 0) is 61.3 Å². The molecule has 1 amide bonds. The Kier molecular flexibility index (Phi) is 7.71. The molecular formula is C31H32ClF2N5O. The van der Waals surface area contributed by atoms with Crippen LogP contribution in [0.5, 0.6) is 0 Å². The van der Waals surface area contributed by atoms with Crippen molar-refractivity contribution in [3.8, 4) is 0 Å². The third-order valence-corrected chi connectivity index (χ3v) is 8.30. The largest absolute Gasteiger partial charge is 0.366 e. The number of likely N-dealkylation sites (tertiary alicyclic amines) is 1. The Morgan fingerprint density at radius 2 is 1.70 bits per heavy atom. The fourth-order valence-corrected chi connectivity index (χ4v) is 6.09. The maximum Gasteiger partial charge on any atom is 0.227 e. The molecule has 6 nitrogen and oxygen atoms in total. The van der Waals surface area contributed by atoms with E-state index in [4.69, 9.17) is 16.6 Å². The fourth-order valence-electron chi connectivity index (χ4n) is 5.96. The number of amides is 1. The number of hydrogen-bond donors (Lipinski definition) is 0. The van der Waals surface area contributed by atoms with Crippen molar-refractivity contribution in [2.45, 2.75) is 25.9 Å². The smallest absolute Gasteiger partial charge is 0.227 e. The van der Waals surface area contributed by atoms with Gasteiger partial charge >= 0.3 is 0 Å². The molecule has 9 heteroatoms. The molecule has 208 valence electrons. The van der Waals surface area contributed by atoms with Crippen molar-refractivity contribution >= 4 is 34.2 Å². The molecule has 0 unspecified atom stereocenters. The molecule has 0 aliphatic carbocycles. The van der Waals surface area contributed by atoms with Crippen LogP contribution in [-0.2, 0) is 17.9 Å². The monoisotopic (exact) mass is 563 g/mol. The van der Waals surface area contributed by atoms with Gasteiger partial charge in [-0.1, -0.05) is 35.9 Å². The number of piperazine rings is 1.